The van der Waals surface area contributed by atoms with Crippen LogP contribution in [0.3, 0.4) is 0 Å². The Labute approximate surface area is 227 Å². The topological polar surface area (TPSA) is 89.0 Å². The van der Waals surface area contributed by atoms with Crippen molar-refractivity contribution in [3.8, 4) is 11.1 Å². The number of aliphatic carboxylic acids is 1. The summed E-state index contributed by atoms with van der Waals surface area (Å²) in [7, 11) is 0. The fourth-order valence-electron chi connectivity index (χ4n) is 6.40. The summed E-state index contributed by atoms with van der Waals surface area (Å²) in [4.78, 5) is 31.4. The van der Waals surface area contributed by atoms with Crippen molar-refractivity contribution < 1.29 is 24.2 Å². The van der Waals surface area contributed by atoms with Crippen LogP contribution in [0.2, 0.25) is 0 Å². The maximum atomic E-state index is 13.6. The number of carboxylic acid groups (broad SMARTS) is 1. The van der Waals surface area contributed by atoms with E-state index in [0.29, 0.717) is 17.4 Å². The molecule has 0 saturated carbocycles. The van der Waals surface area contributed by atoms with E-state index in [1.54, 1.807) is 0 Å². The summed E-state index contributed by atoms with van der Waals surface area (Å²) in [6.45, 7) is -0.121. The molecule has 2 aliphatic heterocycles. The molecule has 2 unspecified atom stereocenters. The standard InChI is InChI=1S/C28H27BrN2O5S/c29-24-16-37-26(30-24)28(36-15-25(32)33)12-17-6-5-7-18(13-28)31(17)27(34)35-14-23-21-10-3-1-8-19(21)20-9-2-4-11-22(20)23/h1-4,8-11,16-18,23H,5-7,12-15H2,(H,32,33). The predicted molar refractivity (Wildman–Crippen MR) is 143 cm³/mol. The Kier molecular flexibility index (Phi) is 6.54. The minimum absolute atomic E-state index is 0.00615. The number of carbonyl (C=O) groups is 2. The Bertz CT molecular complexity index is 1280. The minimum atomic E-state index is -1.01. The lowest BCUT2D eigenvalue weighted by Crippen LogP contribution is -2.59. The number of rotatable bonds is 6. The van der Waals surface area contributed by atoms with Gasteiger partial charge in [0.25, 0.3) is 0 Å². The van der Waals surface area contributed by atoms with E-state index in [1.807, 2.05) is 34.5 Å². The normalized spacial score (nSPS) is 24.4. The van der Waals surface area contributed by atoms with Crippen LogP contribution in [0.4, 0.5) is 4.79 Å². The van der Waals surface area contributed by atoms with Crippen LogP contribution in [0.25, 0.3) is 11.1 Å². The van der Waals surface area contributed by atoms with E-state index in [4.69, 9.17) is 9.47 Å². The van der Waals surface area contributed by atoms with E-state index in [0.717, 1.165) is 24.3 Å². The van der Waals surface area contributed by atoms with Gasteiger partial charge in [0.2, 0.25) is 0 Å². The van der Waals surface area contributed by atoms with Crippen molar-refractivity contribution >= 4 is 39.3 Å². The summed E-state index contributed by atoms with van der Waals surface area (Å²) in [6, 6.07) is 16.4. The largest absolute Gasteiger partial charge is 0.480 e. The quantitative estimate of drug-likeness (QED) is 0.374. The number of halogens is 1. The van der Waals surface area contributed by atoms with Crippen LogP contribution in [0.5, 0.6) is 0 Å². The summed E-state index contributed by atoms with van der Waals surface area (Å²) in [6.07, 6.45) is 3.36. The molecule has 3 aromatic rings. The van der Waals surface area contributed by atoms with Gasteiger partial charge in [-0.25, -0.2) is 14.6 Å². The third-order valence-electron chi connectivity index (χ3n) is 7.88. The molecule has 2 aromatic carbocycles. The van der Waals surface area contributed by atoms with Crippen LogP contribution < -0.4 is 0 Å². The zero-order chi connectivity index (χ0) is 25.6. The van der Waals surface area contributed by atoms with Crippen LogP contribution in [0.15, 0.2) is 58.5 Å². The number of carboxylic acids is 1. The third-order valence-corrected chi connectivity index (χ3v) is 9.61. The molecule has 7 nitrogen and oxygen atoms in total. The molecule has 2 atom stereocenters. The van der Waals surface area contributed by atoms with Gasteiger partial charge >= 0.3 is 12.1 Å². The first-order valence-electron chi connectivity index (χ1n) is 12.6. The zero-order valence-corrected chi connectivity index (χ0v) is 22.5. The fraction of sp³-hybridized carbons (Fsp3) is 0.393. The van der Waals surface area contributed by atoms with Crippen molar-refractivity contribution in [2.75, 3.05) is 13.2 Å². The molecule has 1 aliphatic carbocycles. The summed E-state index contributed by atoms with van der Waals surface area (Å²) < 4.78 is 12.8. The van der Waals surface area contributed by atoms with Gasteiger partial charge in [-0.05, 0) is 57.4 Å². The molecule has 1 aromatic heterocycles. The van der Waals surface area contributed by atoms with Crippen LogP contribution >= 0.6 is 27.3 Å². The Morgan fingerprint density at radius 1 is 1.05 bits per heavy atom. The van der Waals surface area contributed by atoms with E-state index in [-0.39, 0.29) is 30.7 Å². The number of ether oxygens (including phenoxy) is 2. The van der Waals surface area contributed by atoms with Crippen molar-refractivity contribution in [1.82, 2.24) is 9.88 Å². The Balaban J connectivity index is 1.22. The predicted octanol–water partition coefficient (Wildman–Crippen LogP) is 6.17. The summed E-state index contributed by atoms with van der Waals surface area (Å²) in [5.74, 6) is -1.01. The first kappa shape index (κ1) is 24.6. The monoisotopic (exact) mass is 582 g/mol. The number of nitrogens with zero attached hydrogens (tertiary/aromatic N) is 2. The van der Waals surface area contributed by atoms with Crippen molar-refractivity contribution in [1.29, 1.82) is 0 Å². The molecule has 0 spiro atoms. The Morgan fingerprint density at radius 3 is 2.24 bits per heavy atom. The van der Waals surface area contributed by atoms with E-state index in [1.165, 1.54) is 33.6 Å². The molecular formula is C28H27BrN2O5S. The van der Waals surface area contributed by atoms with Gasteiger partial charge in [0.05, 0.1) is 0 Å². The molecule has 192 valence electrons. The number of hydrogen-bond donors (Lipinski definition) is 1. The lowest BCUT2D eigenvalue weighted by Gasteiger charge is -2.52. The Morgan fingerprint density at radius 2 is 1.68 bits per heavy atom. The second-order valence-corrected chi connectivity index (χ2v) is 11.7. The molecule has 0 radical (unpaired) electrons. The van der Waals surface area contributed by atoms with E-state index in [2.05, 4.69) is 45.2 Å². The zero-order valence-electron chi connectivity index (χ0n) is 20.1. The molecule has 2 saturated heterocycles. The highest BCUT2D eigenvalue weighted by Gasteiger charge is 2.52. The molecule has 6 rings (SSSR count). The highest BCUT2D eigenvalue weighted by atomic mass is 79.9. The van der Waals surface area contributed by atoms with Gasteiger partial charge < -0.3 is 19.5 Å². The number of piperidine rings is 2. The van der Waals surface area contributed by atoms with Gasteiger partial charge in [0.1, 0.15) is 28.4 Å². The molecule has 1 amide bonds. The van der Waals surface area contributed by atoms with E-state index >= 15 is 0 Å². The number of fused-ring (bicyclic) bond motifs is 5. The fourth-order valence-corrected chi connectivity index (χ4v) is 7.82. The van der Waals surface area contributed by atoms with Crippen LogP contribution in [0, 0.1) is 0 Å². The van der Waals surface area contributed by atoms with Gasteiger partial charge in [0.15, 0.2) is 0 Å². The third kappa shape index (κ3) is 4.47. The highest BCUT2D eigenvalue weighted by molar-refractivity contribution is 9.10. The van der Waals surface area contributed by atoms with E-state index in [9.17, 15) is 14.7 Å². The summed E-state index contributed by atoms with van der Waals surface area (Å²) in [5.41, 5.74) is 3.94. The average molecular weight is 584 g/mol. The van der Waals surface area contributed by atoms with Gasteiger partial charge in [-0.15, -0.1) is 11.3 Å². The maximum absolute atomic E-state index is 13.6. The molecule has 2 fully saturated rings. The van der Waals surface area contributed by atoms with Crippen molar-refractivity contribution in [2.24, 2.45) is 0 Å². The molecule has 3 heterocycles. The van der Waals surface area contributed by atoms with E-state index < -0.39 is 18.2 Å². The highest BCUT2D eigenvalue weighted by Crippen LogP contribution is 2.49. The van der Waals surface area contributed by atoms with Crippen molar-refractivity contribution in [2.45, 2.75) is 55.7 Å². The van der Waals surface area contributed by atoms with Gasteiger partial charge in [-0.2, -0.15) is 0 Å². The smallest absolute Gasteiger partial charge is 0.410 e. The number of aromatic nitrogens is 1. The second-order valence-electron chi connectivity index (χ2n) is 10.0. The molecule has 37 heavy (non-hydrogen) atoms. The Hall–Kier alpha value is -2.75. The molecule has 1 N–H and O–H groups in total. The molecule has 3 aliphatic rings. The first-order chi connectivity index (χ1) is 17.9. The SMILES string of the molecule is O=C(O)COC1(c2nc(Br)cs2)CC2CCCC(C1)N2C(=O)OCC1c2ccccc2-c2ccccc21. The summed E-state index contributed by atoms with van der Waals surface area (Å²) >= 11 is 4.88. The number of carbonyl (C=O) groups excluding carboxylic acids is 1. The van der Waals surface area contributed by atoms with Gasteiger partial charge in [-0.3, -0.25) is 0 Å². The number of benzene rings is 2. The lowest BCUT2D eigenvalue weighted by atomic mass is 9.75. The second kappa shape index (κ2) is 9.85. The van der Waals surface area contributed by atoms with Gasteiger partial charge in [-0.1, -0.05) is 48.5 Å². The van der Waals surface area contributed by atoms with Crippen molar-refractivity contribution in [3.63, 3.8) is 0 Å². The van der Waals surface area contributed by atoms with Crippen molar-refractivity contribution in [3.05, 3.63) is 74.6 Å². The van der Waals surface area contributed by atoms with Gasteiger partial charge in [0, 0.05) is 36.2 Å². The van der Waals surface area contributed by atoms with Crippen LogP contribution in [-0.2, 0) is 19.9 Å². The minimum Gasteiger partial charge on any atom is -0.480 e. The number of amides is 1. The summed E-state index contributed by atoms with van der Waals surface area (Å²) in [5, 5.41) is 12.0. The van der Waals surface area contributed by atoms with Crippen LogP contribution in [0.1, 0.15) is 54.2 Å². The number of thiazole rings is 1. The maximum Gasteiger partial charge on any atom is 0.410 e. The molecule has 2 bridgehead atoms. The molecule has 9 heteroatoms. The molecular weight excluding hydrogens is 556 g/mol. The van der Waals surface area contributed by atoms with Crippen LogP contribution in [-0.4, -0.2) is 52.4 Å². The first-order valence-corrected chi connectivity index (χ1v) is 14.2. The average Bonchev–Trinajstić information content (AvgIpc) is 3.47. The number of hydrogen-bond acceptors (Lipinski definition) is 6. The lowest BCUT2D eigenvalue weighted by molar-refractivity contribution is -0.163.